The van der Waals surface area contributed by atoms with Gasteiger partial charge in [0.2, 0.25) is 0 Å². The fraction of sp³-hybridized carbons (Fsp3) is 0.843. The predicted octanol–water partition coefficient (Wildman–Crippen LogP) is 11.0. The van der Waals surface area contributed by atoms with Crippen molar-refractivity contribution in [3.63, 3.8) is 0 Å². The van der Waals surface area contributed by atoms with Crippen LogP contribution in [0.3, 0.4) is 0 Å². The molecule has 0 aliphatic heterocycles. The SMILES string of the molecule is CCCCC/C=C/C/C=C/CCCCCCCCCC(=O)OC[C@H](COP(=O)(O)OC1C(O)C(O)C(O)[C@@H](O)C1O)OC(=O)CCCCCCCCCCC/C=C/CCCCCCCC. The molecule has 1 saturated carbocycles. The molecule has 0 aromatic carbocycles. The summed E-state index contributed by atoms with van der Waals surface area (Å²) in [6.45, 7) is 3.29. The zero-order valence-electron chi connectivity index (χ0n) is 40.5. The van der Waals surface area contributed by atoms with Crippen LogP contribution < -0.4 is 0 Å². The Morgan fingerprint density at radius 3 is 1.29 bits per heavy atom. The van der Waals surface area contributed by atoms with Crippen LogP contribution >= 0.6 is 7.82 Å². The molecule has 1 aliphatic carbocycles. The van der Waals surface area contributed by atoms with Crippen molar-refractivity contribution < 1.29 is 63.1 Å². The van der Waals surface area contributed by atoms with E-state index in [0.29, 0.717) is 12.8 Å². The first-order valence-corrected chi connectivity index (χ1v) is 27.3. The third-order valence-electron chi connectivity index (χ3n) is 12.0. The lowest BCUT2D eigenvalue weighted by Gasteiger charge is -2.41. The molecule has 8 atom stereocenters. The van der Waals surface area contributed by atoms with Gasteiger partial charge in [0, 0.05) is 12.8 Å². The number of esters is 2. The summed E-state index contributed by atoms with van der Waals surface area (Å²) < 4.78 is 33.6. The lowest BCUT2D eigenvalue weighted by Crippen LogP contribution is -2.64. The van der Waals surface area contributed by atoms with E-state index in [1.165, 1.54) is 103 Å². The largest absolute Gasteiger partial charge is 0.472 e. The molecule has 0 bridgehead atoms. The minimum atomic E-state index is -5.12. The van der Waals surface area contributed by atoms with Gasteiger partial charge >= 0.3 is 19.8 Å². The highest BCUT2D eigenvalue weighted by molar-refractivity contribution is 7.47. The van der Waals surface area contributed by atoms with Gasteiger partial charge in [0.25, 0.3) is 0 Å². The highest BCUT2D eigenvalue weighted by Crippen LogP contribution is 2.47. The van der Waals surface area contributed by atoms with Crippen LogP contribution in [0.5, 0.6) is 0 Å². The Labute approximate surface area is 393 Å². The van der Waals surface area contributed by atoms with Crippen LogP contribution in [-0.4, -0.2) is 98.3 Å². The molecule has 0 aromatic rings. The molecule has 1 aliphatic rings. The van der Waals surface area contributed by atoms with Crippen molar-refractivity contribution in [2.24, 2.45) is 0 Å². The average molecular weight is 945 g/mol. The van der Waals surface area contributed by atoms with Gasteiger partial charge in [-0.1, -0.05) is 172 Å². The minimum Gasteiger partial charge on any atom is -0.462 e. The van der Waals surface area contributed by atoms with Gasteiger partial charge in [-0.2, -0.15) is 0 Å². The first-order chi connectivity index (χ1) is 31.4. The first-order valence-electron chi connectivity index (χ1n) is 25.8. The van der Waals surface area contributed by atoms with E-state index >= 15 is 0 Å². The van der Waals surface area contributed by atoms with Crippen molar-refractivity contribution in [3.8, 4) is 0 Å². The van der Waals surface area contributed by atoms with Gasteiger partial charge in [-0.25, -0.2) is 4.57 Å². The maximum Gasteiger partial charge on any atom is 0.472 e. The van der Waals surface area contributed by atoms with Gasteiger partial charge < -0.3 is 39.9 Å². The average Bonchev–Trinajstić information content (AvgIpc) is 3.29. The standard InChI is InChI=1S/C51H93O13P/c1-3-5-7-9-11-13-15-17-19-21-22-24-26-28-30-32-34-36-38-40-45(53)63-43(42-62-65(59,60)64-51-49(57)47(55)46(54)48(56)50(51)58)41-61-44(52)39-37-35-33-31-29-27-25-23-20-18-16-14-12-10-8-6-4-2/h12,14,17-20,43,46-51,54-58H,3-11,13,15-16,21-42H2,1-2H3,(H,59,60)/b14-12+,19-17+,20-18+/t43-,46?,47-,48?,49?,50?,51?/m1/s1. The molecular formula is C51H93O13P. The maximum atomic E-state index is 12.8. The van der Waals surface area contributed by atoms with Crippen LogP contribution in [0.4, 0.5) is 0 Å². The number of rotatable bonds is 43. The van der Waals surface area contributed by atoms with E-state index in [2.05, 4.69) is 50.3 Å². The maximum absolute atomic E-state index is 12.8. The van der Waals surface area contributed by atoms with Crippen molar-refractivity contribution in [2.75, 3.05) is 13.2 Å². The Balaban J connectivity index is 2.40. The van der Waals surface area contributed by atoms with Gasteiger partial charge in [0.1, 0.15) is 43.2 Å². The van der Waals surface area contributed by atoms with E-state index in [9.17, 15) is 44.6 Å². The molecule has 380 valence electrons. The van der Waals surface area contributed by atoms with Crippen molar-refractivity contribution in [1.29, 1.82) is 0 Å². The predicted molar refractivity (Wildman–Crippen MR) is 258 cm³/mol. The molecule has 0 amide bonds. The summed E-state index contributed by atoms with van der Waals surface area (Å²) in [5, 5.41) is 50.3. The molecule has 0 spiro atoms. The van der Waals surface area contributed by atoms with Crippen LogP contribution in [0, 0.1) is 0 Å². The summed E-state index contributed by atoms with van der Waals surface area (Å²) in [6.07, 6.45) is 34.7. The van der Waals surface area contributed by atoms with Gasteiger partial charge in [0.15, 0.2) is 6.10 Å². The Morgan fingerprint density at radius 1 is 0.477 bits per heavy atom. The molecule has 1 fully saturated rings. The second-order valence-corrected chi connectivity index (χ2v) is 19.4. The van der Waals surface area contributed by atoms with Gasteiger partial charge in [0.05, 0.1) is 6.61 Å². The Hall–Kier alpha value is -1.93. The summed E-state index contributed by atoms with van der Waals surface area (Å²) >= 11 is 0. The van der Waals surface area contributed by atoms with Crippen LogP contribution in [-0.2, 0) is 32.7 Å². The highest BCUT2D eigenvalue weighted by Gasteiger charge is 2.51. The van der Waals surface area contributed by atoms with Crippen molar-refractivity contribution in [1.82, 2.24) is 0 Å². The molecule has 1 rings (SSSR count). The summed E-state index contributed by atoms with van der Waals surface area (Å²) in [5.74, 6) is -1.10. The number of aliphatic hydroxyl groups is 5. The van der Waals surface area contributed by atoms with Gasteiger partial charge in [-0.05, 0) is 70.6 Å². The third-order valence-corrected chi connectivity index (χ3v) is 12.9. The van der Waals surface area contributed by atoms with Crippen LogP contribution in [0.2, 0.25) is 0 Å². The number of ether oxygens (including phenoxy) is 2. The zero-order chi connectivity index (χ0) is 47.8. The molecule has 0 saturated heterocycles. The molecule has 0 radical (unpaired) electrons. The van der Waals surface area contributed by atoms with E-state index in [1.807, 2.05) is 0 Å². The van der Waals surface area contributed by atoms with E-state index in [1.54, 1.807) is 0 Å². The summed E-state index contributed by atoms with van der Waals surface area (Å²) in [7, 11) is -5.12. The van der Waals surface area contributed by atoms with Crippen molar-refractivity contribution >= 4 is 19.8 Å². The van der Waals surface area contributed by atoms with Gasteiger partial charge in [-0.3, -0.25) is 18.6 Å². The number of carbonyl (C=O) groups excluding carboxylic acids is 2. The van der Waals surface area contributed by atoms with Crippen molar-refractivity contribution in [2.45, 2.75) is 262 Å². The number of unbranched alkanes of at least 4 members (excludes halogenated alkanes) is 25. The monoisotopic (exact) mass is 945 g/mol. The molecule has 14 heteroatoms. The molecule has 6 unspecified atom stereocenters. The molecule has 0 aromatic heterocycles. The summed E-state index contributed by atoms with van der Waals surface area (Å²) in [6, 6.07) is 0. The lowest BCUT2D eigenvalue weighted by molar-refractivity contribution is -0.220. The van der Waals surface area contributed by atoms with Gasteiger partial charge in [-0.15, -0.1) is 0 Å². The molecular weight excluding hydrogens is 852 g/mol. The highest BCUT2D eigenvalue weighted by atomic mass is 31.2. The second-order valence-electron chi connectivity index (χ2n) is 18.0. The van der Waals surface area contributed by atoms with E-state index in [-0.39, 0.29) is 12.8 Å². The Kier molecular flexibility index (Phi) is 38.6. The van der Waals surface area contributed by atoms with Crippen LogP contribution in [0.1, 0.15) is 219 Å². The topological polar surface area (TPSA) is 210 Å². The molecule has 6 N–H and O–H groups in total. The fourth-order valence-corrected chi connectivity index (χ4v) is 8.76. The number of phosphoric acid groups is 1. The van der Waals surface area contributed by atoms with E-state index in [4.69, 9.17) is 18.5 Å². The normalized spacial score (nSPS) is 21.7. The smallest absolute Gasteiger partial charge is 0.462 e. The molecule has 13 nitrogen and oxygen atoms in total. The second kappa shape index (κ2) is 41.1. The Morgan fingerprint density at radius 2 is 0.831 bits per heavy atom. The number of phosphoric ester groups is 1. The molecule has 0 heterocycles. The Bertz CT molecular complexity index is 1280. The number of carbonyl (C=O) groups is 2. The van der Waals surface area contributed by atoms with Crippen LogP contribution in [0.25, 0.3) is 0 Å². The fourth-order valence-electron chi connectivity index (χ4n) is 7.78. The number of hydrogen-bond acceptors (Lipinski definition) is 12. The van der Waals surface area contributed by atoms with E-state index in [0.717, 1.165) is 77.0 Å². The molecule has 65 heavy (non-hydrogen) atoms. The number of hydrogen-bond donors (Lipinski definition) is 6. The lowest BCUT2D eigenvalue weighted by atomic mass is 9.85. The number of allylic oxidation sites excluding steroid dienone is 6. The summed E-state index contributed by atoms with van der Waals surface area (Å²) in [5.41, 5.74) is 0. The first kappa shape index (κ1) is 61.1. The summed E-state index contributed by atoms with van der Waals surface area (Å²) in [4.78, 5) is 35.8. The third kappa shape index (κ3) is 33.3. The van der Waals surface area contributed by atoms with Crippen LogP contribution in [0.15, 0.2) is 36.5 Å². The zero-order valence-corrected chi connectivity index (χ0v) is 41.4. The number of aliphatic hydroxyl groups excluding tert-OH is 5. The minimum absolute atomic E-state index is 0.0935. The van der Waals surface area contributed by atoms with Crippen molar-refractivity contribution in [3.05, 3.63) is 36.5 Å². The quantitative estimate of drug-likeness (QED) is 0.0146. The van der Waals surface area contributed by atoms with E-state index < -0.39 is 75.7 Å².